The number of hydrogen-bond acceptors (Lipinski definition) is 4. The average Bonchev–Trinajstić information content (AvgIpc) is 2.95. The Morgan fingerprint density at radius 2 is 2.00 bits per heavy atom. The van der Waals surface area contributed by atoms with Gasteiger partial charge in [0.2, 0.25) is 0 Å². The van der Waals surface area contributed by atoms with Crippen LogP contribution in [0.4, 0.5) is 10.5 Å². The highest BCUT2D eigenvalue weighted by Gasteiger charge is 2.34. The Labute approximate surface area is 134 Å². The third-order valence-electron chi connectivity index (χ3n) is 3.82. The largest absolute Gasteiger partial charge is 0.465 e. The van der Waals surface area contributed by atoms with Crippen LogP contribution >= 0.6 is 0 Å². The Hall–Kier alpha value is -2.82. The fraction of sp³-hybridized carbons (Fsp3) is 0.222. The average molecular weight is 311 g/mol. The first-order valence-corrected chi connectivity index (χ1v) is 7.37. The van der Waals surface area contributed by atoms with E-state index in [1.54, 1.807) is 29.2 Å². The number of rotatable bonds is 4. The van der Waals surface area contributed by atoms with Crippen LogP contribution in [0.1, 0.15) is 15.9 Å². The third-order valence-corrected chi connectivity index (χ3v) is 3.82. The van der Waals surface area contributed by atoms with Gasteiger partial charge in [-0.1, -0.05) is 36.4 Å². The van der Waals surface area contributed by atoms with Crippen molar-refractivity contribution in [3.8, 4) is 0 Å². The van der Waals surface area contributed by atoms with E-state index in [2.05, 4.69) is 0 Å². The molecular formula is C18H17NO4. The van der Waals surface area contributed by atoms with Crippen molar-refractivity contribution in [2.45, 2.75) is 12.5 Å². The molecule has 23 heavy (non-hydrogen) atoms. The van der Waals surface area contributed by atoms with Crippen LogP contribution in [0.15, 0.2) is 54.6 Å². The Kier molecular flexibility index (Phi) is 4.28. The molecule has 0 bridgehead atoms. The van der Waals surface area contributed by atoms with Crippen LogP contribution in [0.2, 0.25) is 0 Å². The summed E-state index contributed by atoms with van der Waals surface area (Å²) in [6.07, 6.45) is 0.294. The number of amides is 1. The van der Waals surface area contributed by atoms with Crippen LogP contribution < -0.4 is 4.90 Å². The molecule has 2 aromatic rings. The Balaban J connectivity index is 1.87. The van der Waals surface area contributed by atoms with Gasteiger partial charge in [-0.15, -0.1) is 0 Å². The molecule has 1 heterocycles. The molecule has 1 saturated heterocycles. The molecule has 118 valence electrons. The number of carbonyl (C=O) groups excluding carboxylic acids is 2. The molecule has 0 saturated carbocycles. The number of carbonyl (C=O) groups is 2. The number of esters is 1. The number of benzene rings is 2. The fourth-order valence-electron chi connectivity index (χ4n) is 2.71. The van der Waals surface area contributed by atoms with Crippen LogP contribution in [-0.4, -0.2) is 31.8 Å². The normalized spacial score (nSPS) is 17.0. The summed E-state index contributed by atoms with van der Waals surface area (Å²) in [7, 11) is 1.33. The first-order chi connectivity index (χ1) is 11.2. The summed E-state index contributed by atoms with van der Waals surface area (Å²) >= 11 is 0. The van der Waals surface area contributed by atoms with Crippen LogP contribution in [-0.2, 0) is 15.9 Å². The van der Waals surface area contributed by atoms with Crippen LogP contribution in [0.25, 0.3) is 0 Å². The second-order valence-corrected chi connectivity index (χ2v) is 5.33. The van der Waals surface area contributed by atoms with Gasteiger partial charge in [-0.2, -0.15) is 0 Å². The van der Waals surface area contributed by atoms with E-state index in [4.69, 9.17) is 9.47 Å². The second-order valence-electron chi connectivity index (χ2n) is 5.33. The van der Waals surface area contributed by atoms with Gasteiger partial charge in [0.05, 0.1) is 18.7 Å². The van der Waals surface area contributed by atoms with Gasteiger partial charge in [0, 0.05) is 5.69 Å². The Morgan fingerprint density at radius 1 is 1.22 bits per heavy atom. The van der Waals surface area contributed by atoms with E-state index in [0.29, 0.717) is 24.3 Å². The highest BCUT2D eigenvalue weighted by atomic mass is 16.6. The quantitative estimate of drug-likeness (QED) is 0.814. The number of cyclic esters (lactones) is 1. The summed E-state index contributed by atoms with van der Waals surface area (Å²) in [6, 6.07) is 16.7. The predicted octanol–water partition coefficient (Wildman–Crippen LogP) is 3.04. The minimum atomic E-state index is -0.431. The lowest BCUT2D eigenvalue weighted by atomic mass is 10.1. The number of nitrogens with zero attached hydrogens (tertiary/aromatic N) is 1. The summed E-state index contributed by atoms with van der Waals surface area (Å²) in [6.45, 7) is 0.330. The zero-order valence-corrected chi connectivity index (χ0v) is 12.8. The molecule has 0 aliphatic carbocycles. The molecule has 3 rings (SSSR count). The zero-order chi connectivity index (χ0) is 16.2. The summed E-state index contributed by atoms with van der Waals surface area (Å²) in [5.74, 6) is -0.431. The van der Waals surface area contributed by atoms with E-state index in [1.165, 1.54) is 7.11 Å². The third kappa shape index (κ3) is 3.18. The maximum absolute atomic E-state index is 12.1. The summed E-state index contributed by atoms with van der Waals surface area (Å²) in [4.78, 5) is 25.4. The van der Waals surface area contributed by atoms with Crippen molar-refractivity contribution in [1.29, 1.82) is 0 Å². The molecule has 0 aromatic heterocycles. The minimum absolute atomic E-state index is 0.0993. The zero-order valence-electron chi connectivity index (χ0n) is 12.8. The molecule has 1 atom stereocenters. The van der Waals surface area contributed by atoms with Gasteiger partial charge in [0.25, 0.3) is 0 Å². The summed E-state index contributed by atoms with van der Waals surface area (Å²) in [5.41, 5.74) is 2.17. The molecule has 5 heteroatoms. The van der Waals surface area contributed by atoms with Crippen molar-refractivity contribution in [2.75, 3.05) is 18.6 Å². The summed E-state index contributed by atoms with van der Waals surface area (Å²) in [5, 5.41) is 0. The van der Waals surface area contributed by atoms with Gasteiger partial charge >= 0.3 is 12.1 Å². The highest BCUT2D eigenvalue weighted by Crippen LogP contribution is 2.26. The molecule has 1 aliphatic rings. The molecule has 0 unspecified atom stereocenters. The lowest BCUT2D eigenvalue weighted by Gasteiger charge is -2.22. The van der Waals surface area contributed by atoms with Crippen molar-refractivity contribution in [3.63, 3.8) is 0 Å². The molecule has 1 aliphatic heterocycles. The topological polar surface area (TPSA) is 55.8 Å². The number of hydrogen-bond donors (Lipinski definition) is 0. The Morgan fingerprint density at radius 3 is 2.74 bits per heavy atom. The van der Waals surface area contributed by atoms with Crippen molar-refractivity contribution in [3.05, 3.63) is 65.7 Å². The maximum atomic E-state index is 12.1. The first kappa shape index (κ1) is 15.1. The molecular weight excluding hydrogens is 294 g/mol. The van der Waals surface area contributed by atoms with Crippen LogP contribution in [0.3, 0.4) is 0 Å². The van der Waals surface area contributed by atoms with Crippen molar-refractivity contribution in [1.82, 2.24) is 0 Å². The SMILES string of the molecule is COC(=O)c1cccc(N2C(=O)OC[C@H]2Cc2ccccc2)c1. The number of methoxy groups -OCH3 is 1. The van der Waals surface area contributed by atoms with Gasteiger partial charge in [-0.05, 0) is 30.2 Å². The molecule has 1 amide bonds. The van der Waals surface area contributed by atoms with Crippen LogP contribution in [0.5, 0.6) is 0 Å². The molecule has 5 nitrogen and oxygen atoms in total. The standard InChI is InChI=1S/C18H17NO4/c1-22-17(20)14-8-5-9-15(11-14)19-16(12-23-18(19)21)10-13-6-3-2-4-7-13/h2-9,11,16H,10,12H2,1H3/t16-/m1/s1. The summed E-state index contributed by atoms with van der Waals surface area (Å²) < 4.78 is 9.93. The van der Waals surface area contributed by atoms with Gasteiger partial charge in [-0.3, -0.25) is 4.90 Å². The second kappa shape index (κ2) is 6.52. The molecule has 2 aromatic carbocycles. The van der Waals surface area contributed by atoms with Gasteiger partial charge in [-0.25, -0.2) is 9.59 Å². The lowest BCUT2D eigenvalue weighted by Crippen LogP contribution is -2.35. The molecule has 1 fully saturated rings. The van der Waals surface area contributed by atoms with E-state index < -0.39 is 12.1 Å². The first-order valence-electron chi connectivity index (χ1n) is 7.37. The van der Waals surface area contributed by atoms with E-state index in [9.17, 15) is 9.59 Å². The number of anilines is 1. The van der Waals surface area contributed by atoms with Gasteiger partial charge in [0.1, 0.15) is 6.61 Å². The van der Waals surface area contributed by atoms with Gasteiger partial charge < -0.3 is 9.47 Å². The fourth-order valence-corrected chi connectivity index (χ4v) is 2.71. The van der Waals surface area contributed by atoms with Crippen molar-refractivity contribution < 1.29 is 19.1 Å². The molecule has 0 radical (unpaired) electrons. The monoisotopic (exact) mass is 311 g/mol. The van der Waals surface area contributed by atoms with E-state index in [0.717, 1.165) is 5.56 Å². The minimum Gasteiger partial charge on any atom is -0.465 e. The predicted molar refractivity (Wildman–Crippen MR) is 85.5 cm³/mol. The maximum Gasteiger partial charge on any atom is 0.414 e. The van der Waals surface area contributed by atoms with Crippen LogP contribution in [0, 0.1) is 0 Å². The lowest BCUT2D eigenvalue weighted by molar-refractivity contribution is 0.0600. The van der Waals surface area contributed by atoms with Gasteiger partial charge in [0.15, 0.2) is 0 Å². The van der Waals surface area contributed by atoms with Crippen molar-refractivity contribution in [2.24, 2.45) is 0 Å². The van der Waals surface area contributed by atoms with Crippen molar-refractivity contribution >= 4 is 17.7 Å². The smallest absolute Gasteiger partial charge is 0.414 e. The van der Waals surface area contributed by atoms with E-state index in [-0.39, 0.29) is 6.04 Å². The molecule has 0 N–H and O–H groups in total. The van der Waals surface area contributed by atoms with E-state index >= 15 is 0 Å². The highest BCUT2D eigenvalue weighted by molar-refractivity contribution is 5.94. The Bertz CT molecular complexity index is 714. The van der Waals surface area contributed by atoms with E-state index in [1.807, 2.05) is 30.3 Å². The molecule has 0 spiro atoms. The number of ether oxygens (including phenoxy) is 2.